The normalized spacial score (nSPS) is 30.3. The first-order valence-electron chi connectivity index (χ1n) is 13.1. The zero-order valence-electron chi connectivity index (χ0n) is 22.5. The number of rotatable bonds is 10. The second-order valence-electron chi connectivity index (χ2n) is 11.0. The zero-order chi connectivity index (χ0) is 28.0. The number of anilines is 1. The molecule has 1 aromatic rings. The summed E-state index contributed by atoms with van der Waals surface area (Å²) in [6, 6.07) is 3.97. The van der Waals surface area contributed by atoms with Crippen molar-refractivity contribution >= 4 is 46.8 Å². The minimum Gasteiger partial charge on any atom is -0.461 e. The molecule has 2 unspecified atom stereocenters. The number of benzene rings is 1. The number of para-hydroxylation sites is 1. The Kier molecular flexibility index (Phi) is 8.09. The Labute approximate surface area is 234 Å². The third-order valence-electron chi connectivity index (χ3n) is 8.40. The third-order valence-corrected chi connectivity index (χ3v) is 10.7. The van der Waals surface area contributed by atoms with Crippen LogP contribution in [0.15, 0.2) is 43.5 Å². The van der Waals surface area contributed by atoms with Crippen molar-refractivity contribution in [1.29, 1.82) is 0 Å². The molecule has 3 saturated heterocycles. The molecule has 0 aliphatic carbocycles. The molecule has 3 aliphatic heterocycles. The van der Waals surface area contributed by atoms with Crippen molar-refractivity contribution in [3.8, 4) is 0 Å². The summed E-state index contributed by atoms with van der Waals surface area (Å²) in [5, 5.41) is 10.9. The maximum absolute atomic E-state index is 14.7. The van der Waals surface area contributed by atoms with Crippen LogP contribution in [0.3, 0.4) is 0 Å². The van der Waals surface area contributed by atoms with Gasteiger partial charge in [-0.3, -0.25) is 14.4 Å². The van der Waals surface area contributed by atoms with Gasteiger partial charge in [0, 0.05) is 11.3 Å². The average molecular weight is 561 g/mol. The Morgan fingerprint density at radius 1 is 1.32 bits per heavy atom. The molecule has 1 N–H and O–H groups in total. The second-order valence-corrected chi connectivity index (χ2v) is 13.3. The summed E-state index contributed by atoms with van der Waals surface area (Å²) >= 11 is 8.18. The number of carbonyl (C=O) groups is 3. The summed E-state index contributed by atoms with van der Waals surface area (Å²) in [7, 11) is 0. The van der Waals surface area contributed by atoms with Crippen LogP contribution in [-0.2, 0) is 19.1 Å². The first kappa shape index (κ1) is 28.7. The number of thioether (sulfide) groups is 1. The number of carbonyl (C=O) groups excluding carboxylic acids is 3. The Hall–Kier alpha value is -2.29. The maximum atomic E-state index is 14.7. The fraction of sp³-hybridized carbons (Fsp3) is 0.552. The number of esters is 1. The topological polar surface area (TPSA) is 87.1 Å². The van der Waals surface area contributed by atoms with E-state index in [-0.39, 0.29) is 37.5 Å². The Balaban J connectivity index is 1.88. The van der Waals surface area contributed by atoms with Crippen molar-refractivity contribution in [3.63, 3.8) is 0 Å². The number of aryl methyl sites for hydroxylation is 1. The van der Waals surface area contributed by atoms with Crippen LogP contribution in [0.4, 0.5) is 5.69 Å². The molecule has 3 fully saturated rings. The largest absolute Gasteiger partial charge is 0.461 e. The van der Waals surface area contributed by atoms with Crippen LogP contribution >= 0.6 is 23.4 Å². The number of hydrogen-bond acceptors (Lipinski definition) is 6. The summed E-state index contributed by atoms with van der Waals surface area (Å²) in [6.45, 7) is 15.2. The van der Waals surface area contributed by atoms with E-state index in [2.05, 4.69) is 13.2 Å². The molecule has 206 valence electrons. The van der Waals surface area contributed by atoms with Crippen LogP contribution in [0, 0.1) is 24.7 Å². The molecular weight excluding hydrogens is 524 g/mol. The minimum atomic E-state index is -0.890. The summed E-state index contributed by atoms with van der Waals surface area (Å²) in [4.78, 5) is 45.6. The van der Waals surface area contributed by atoms with Crippen LogP contribution in [0.2, 0.25) is 5.02 Å². The molecule has 0 aromatic heterocycles. The van der Waals surface area contributed by atoms with Gasteiger partial charge < -0.3 is 19.6 Å². The highest BCUT2D eigenvalue weighted by Crippen LogP contribution is 2.72. The van der Waals surface area contributed by atoms with Gasteiger partial charge in [0.05, 0.1) is 39.9 Å². The standard InChI is InChI=1S/C29H37ClN2O5S/c1-7-14-31(23-18(5)10-9-11-19(23)30)26(35)24-29-13-12-28(6,38-29)22(27(36)37-15-8-2)21(29)25(34)32(24)20(16-33)17(3)4/h7-11,17,20-22,24,33H,1-2,12-16H2,3-6H3/t20-,21-,22+,24?,28-,29?/m0/s1. The monoisotopic (exact) mass is 560 g/mol. The molecule has 3 heterocycles. The van der Waals surface area contributed by atoms with Crippen LogP contribution in [0.5, 0.6) is 0 Å². The van der Waals surface area contributed by atoms with Gasteiger partial charge in [0.25, 0.3) is 5.91 Å². The third kappa shape index (κ3) is 4.29. The molecule has 2 bridgehead atoms. The van der Waals surface area contributed by atoms with Gasteiger partial charge in [0.2, 0.25) is 5.91 Å². The van der Waals surface area contributed by atoms with E-state index in [1.807, 2.05) is 39.8 Å². The highest BCUT2D eigenvalue weighted by atomic mass is 35.5. The van der Waals surface area contributed by atoms with E-state index in [1.54, 1.807) is 33.7 Å². The van der Waals surface area contributed by atoms with E-state index in [9.17, 15) is 19.5 Å². The molecule has 4 rings (SSSR count). The van der Waals surface area contributed by atoms with Gasteiger partial charge in [0.1, 0.15) is 12.6 Å². The number of fused-ring (bicyclic) bond motifs is 1. The first-order chi connectivity index (χ1) is 18.0. The van der Waals surface area contributed by atoms with Gasteiger partial charge in [-0.05, 0) is 44.2 Å². The van der Waals surface area contributed by atoms with Crippen molar-refractivity contribution in [2.45, 2.75) is 62.1 Å². The summed E-state index contributed by atoms with van der Waals surface area (Å²) in [6.07, 6.45) is 4.41. The first-order valence-corrected chi connectivity index (χ1v) is 14.3. The van der Waals surface area contributed by atoms with Crippen molar-refractivity contribution in [1.82, 2.24) is 4.90 Å². The van der Waals surface area contributed by atoms with Gasteiger partial charge in [-0.1, -0.05) is 56.3 Å². The number of amides is 2. The molecule has 38 heavy (non-hydrogen) atoms. The van der Waals surface area contributed by atoms with Gasteiger partial charge in [0.15, 0.2) is 0 Å². The fourth-order valence-corrected chi connectivity index (χ4v) is 9.39. The van der Waals surface area contributed by atoms with Gasteiger partial charge in [-0.25, -0.2) is 0 Å². The lowest BCUT2D eigenvalue weighted by molar-refractivity contribution is -0.155. The quantitative estimate of drug-likeness (QED) is 0.337. The lowest BCUT2D eigenvalue weighted by Gasteiger charge is -2.41. The molecule has 1 aromatic carbocycles. The number of ether oxygens (including phenoxy) is 1. The Morgan fingerprint density at radius 2 is 2.03 bits per heavy atom. The highest BCUT2D eigenvalue weighted by Gasteiger charge is 2.78. The van der Waals surface area contributed by atoms with Crippen LogP contribution < -0.4 is 4.90 Å². The predicted molar refractivity (Wildman–Crippen MR) is 151 cm³/mol. The number of nitrogens with zero attached hydrogens (tertiary/aromatic N) is 2. The molecule has 0 saturated carbocycles. The van der Waals surface area contributed by atoms with E-state index in [1.165, 1.54) is 6.08 Å². The molecule has 0 radical (unpaired) electrons. The number of halogens is 1. The van der Waals surface area contributed by atoms with E-state index in [0.717, 1.165) is 5.56 Å². The fourth-order valence-electron chi connectivity index (χ4n) is 6.74. The molecule has 3 aliphatic rings. The van der Waals surface area contributed by atoms with Crippen molar-refractivity contribution in [2.24, 2.45) is 17.8 Å². The summed E-state index contributed by atoms with van der Waals surface area (Å²) < 4.78 is 4.10. The lowest BCUT2D eigenvalue weighted by atomic mass is 9.66. The summed E-state index contributed by atoms with van der Waals surface area (Å²) in [5.74, 6) is -2.55. The van der Waals surface area contributed by atoms with E-state index in [4.69, 9.17) is 16.3 Å². The molecule has 7 nitrogen and oxygen atoms in total. The molecule has 9 heteroatoms. The number of hydrogen-bond donors (Lipinski definition) is 1. The number of likely N-dealkylation sites (tertiary alicyclic amines) is 1. The van der Waals surface area contributed by atoms with E-state index < -0.39 is 39.4 Å². The molecular formula is C29H37ClN2O5S. The van der Waals surface area contributed by atoms with Crippen molar-refractivity contribution in [3.05, 3.63) is 54.1 Å². The zero-order valence-corrected chi connectivity index (χ0v) is 24.1. The Morgan fingerprint density at radius 3 is 2.61 bits per heavy atom. The Bertz CT molecular complexity index is 1140. The maximum Gasteiger partial charge on any atom is 0.311 e. The lowest BCUT2D eigenvalue weighted by Crippen LogP contribution is -2.58. The minimum absolute atomic E-state index is 0.0558. The van der Waals surface area contributed by atoms with Gasteiger partial charge in [-0.2, -0.15) is 0 Å². The van der Waals surface area contributed by atoms with Crippen LogP contribution in [-0.4, -0.2) is 69.1 Å². The number of aliphatic hydroxyl groups excluding tert-OH is 1. The van der Waals surface area contributed by atoms with E-state index >= 15 is 0 Å². The van der Waals surface area contributed by atoms with Gasteiger partial charge in [-0.15, -0.1) is 18.3 Å². The molecule has 6 atom stereocenters. The van der Waals surface area contributed by atoms with Crippen molar-refractivity contribution < 1.29 is 24.2 Å². The van der Waals surface area contributed by atoms with Crippen LogP contribution in [0.1, 0.15) is 39.2 Å². The smallest absolute Gasteiger partial charge is 0.311 e. The molecule has 2 amide bonds. The van der Waals surface area contributed by atoms with Gasteiger partial charge >= 0.3 is 5.97 Å². The predicted octanol–water partition coefficient (Wildman–Crippen LogP) is 4.39. The van der Waals surface area contributed by atoms with Crippen molar-refractivity contribution in [2.75, 3.05) is 24.7 Å². The molecule has 1 spiro atoms. The average Bonchev–Trinajstić information content (AvgIpc) is 3.43. The highest BCUT2D eigenvalue weighted by molar-refractivity contribution is 8.02. The number of aliphatic hydroxyl groups is 1. The van der Waals surface area contributed by atoms with Crippen LogP contribution in [0.25, 0.3) is 0 Å². The second kappa shape index (κ2) is 10.7. The SMILES string of the molecule is C=CCOC(=O)[C@H]1[C@H]2C(=O)N([C@@H](CO)C(C)C)C(C(=O)N(CC=C)c3c(C)cccc3Cl)C23CC[C@]1(C)S3. The summed E-state index contributed by atoms with van der Waals surface area (Å²) in [5.41, 5.74) is 1.39. The van der Waals surface area contributed by atoms with E-state index in [0.29, 0.717) is 23.6 Å².